The Bertz CT molecular complexity index is 436. The molecule has 1 aliphatic carbocycles. The summed E-state index contributed by atoms with van der Waals surface area (Å²) in [7, 11) is 0.719. The maximum atomic E-state index is 12.7. The van der Waals surface area contributed by atoms with Gasteiger partial charge in [0.15, 0.2) is 0 Å². The van der Waals surface area contributed by atoms with E-state index in [0.717, 1.165) is 12.8 Å². The standard InChI is InChI=1S/C13H26N2O5S/c1-11(12-5-6-12)15(9-10-19-3)21(17,18)14(2)8-7-13(16)20-4/h11-12H,5-10H2,1-4H3. The highest BCUT2D eigenvalue weighted by Crippen LogP contribution is 2.36. The van der Waals surface area contributed by atoms with Gasteiger partial charge in [-0.15, -0.1) is 0 Å². The number of methoxy groups -OCH3 is 2. The number of ether oxygens (including phenoxy) is 2. The SMILES string of the molecule is COCCN(C(C)C1CC1)S(=O)(=O)N(C)CCC(=O)OC. The van der Waals surface area contributed by atoms with E-state index in [2.05, 4.69) is 4.74 Å². The van der Waals surface area contributed by atoms with Gasteiger partial charge < -0.3 is 9.47 Å². The lowest BCUT2D eigenvalue weighted by Gasteiger charge is -2.32. The minimum atomic E-state index is -3.60. The Morgan fingerprint density at radius 2 is 1.90 bits per heavy atom. The van der Waals surface area contributed by atoms with Crippen LogP contribution in [0.1, 0.15) is 26.2 Å². The predicted octanol–water partition coefficient (Wildman–Crippen LogP) is 0.473. The van der Waals surface area contributed by atoms with Crippen LogP contribution in [0.15, 0.2) is 0 Å². The van der Waals surface area contributed by atoms with Crippen LogP contribution in [0.25, 0.3) is 0 Å². The van der Waals surface area contributed by atoms with Crippen LogP contribution in [0, 0.1) is 5.92 Å². The van der Waals surface area contributed by atoms with Crippen LogP contribution in [-0.4, -0.2) is 70.0 Å². The Kier molecular flexibility index (Phi) is 7.05. The minimum Gasteiger partial charge on any atom is -0.469 e. The molecule has 1 aliphatic rings. The second-order valence-electron chi connectivity index (χ2n) is 5.34. The molecule has 0 amide bonds. The molecule has 0 radical (unpaired) electrons. The number of carbonyl (C=O) groups excluding carboxylic acids is 1. The van der Waals surface area contributed by atoms with Gasteiger partial charge in [-0.05, 0) is 25.7 Å². The lowest BCUT2D eigenvalue weighted by atomic mass is 10.2. The molecular formula is C13H26N2O5S. The fourth-order valence-corrected chi connectivity index (χ4v) is 3.75. The topological polar surface area (TPSA) is 76.2 Å². The molecule has 0 saturated heterocycles. The second kappa shape index (κ2) is 8.07. The molecule has 0 aromatic heterocycles. The molecule has 124 valence electrons. The molecule has 0 heterocycles. The molecule has 8 heteroatoms. The van der Waals surface area contributed by atoms with Gasteiger partial charge in [0, 0.05) is 33.3 Å². The van der Waals surface area contributed by atoms with Crippen molar-refractivity contribution in [2.75, 3.05) is 41.0 Å². The van der Waals surface area contributed by atoms with Gasteiger partial charge in [-0.1, -0.05) is 0 Å². The zero-order valence-electron chi connectivity index (χ0n) is 13.2. The zero-order valence-corrected chi connectivity index (χ0v) is 14.1. The fraction of sp³-hybridized carbons (Fsp3) is 0.923. The summed E-state index contributed by atoms with van der Waals surface area (Å²) in [4.78, 5) is 11.2. The number of rotatable bonds is 10. The normalized spacial score (nSPS) is 17.2. The average Bonchev–Trinajstić information content (AvgIpc) is 3.28. The molecule has 1 atom stereocenters. The highest BCUT2D eigenvalue weighted by molar-refractivity contribution is 7.86. The van der Waals surface area contributed by atoms with Crippen molar-refractivity contribution in [2.45, 2.75) is 32.2 Å². The number of esters is 1. The highest BCUT2D eigenvalue weighted by atomic mass is 32.2. The van der Waals surface area contributed by atoms with Crippen LogP contribution in [0.3, 0.4) is 0 Å². The summed E-state index contributed by atoms with van der Waals surface area (Å²) in [5.41, 5.74) is 0. The summed E-state index contributed by atoms with van der Waals surface area (Å²) in [5, 5.41) is 0. The monoisotopic (exact) mass is 322 g/mol. The van der Waals surface area contributed by atoms with E-state index in [1.165, 1.54) is 22.8 Å². The minimum absolute atomic E-state index is 0.0438. The molecule has 1 unspecified atom stereocenters. The molecule has 0 bridgehead atoms. The summed E-state index contributed by atoms with van der Waals surface area (Å²) in [6.45, 7) is 2.70. The molecule has 1 fully saturated rings. The third kappa shape index (κ3) is 5.21. The Morgan fingerprint density at radius 3 is 2.38 bits per heavy atom. The van der Waals surface area contributed by atoms with E-state index < -0.39 is 16.2 Å². The first-order chi connectivity index (χ1) is 9.84. The molecule has 0 aromatic carbocycles. The largest absolute Gasteiger partial charge is 0.469 e. The van der Waals surface area contributed by atoms with Crippen molar-refractivity contribution in [3.8, 4) is 0 Å². The van der Waals surface area contributed by atoms with Gasteiger partial charge in [-0.25, -0.2) is 0 Å². The average molecular weight is 322 g/mol. The van der Waals surface area contributed by atoms with E-state index in [4.69, 9.17) is 4.74 Å². The first-order valence-electron chi connectivity index (χ1n) is 7.13. The van der Waals surface area contributed by atoms with Crippen molar-refractivity contribution in [2.24, 2.45) is 5.92 Å². The summed E-state index contributed by atoms with van der Waals surface area (Å²) >= 11 is 0. The molecule has 21 heavy (non-hydrogen) atoms. The van der Waals surface area contributed by atoms with Crippen LogP contribution < -0.4 is 0 Å². The fourth-order valence-electron chi connectivity index (χ4n) is 2.17. The van der Waals surface area contributed by atoms with Crippen LogP contribution >= 0.6 is 0 Å². The molecular weight excluding hydrogens is 296 g/mol. The predicted molar refractivity (Wildman–Crippen MR) is 79.0 cm³/mol. The molecule has 0 spiro atoms. The Hall–Kier alpha value is -0.700. The smallest absolute Gasteiger partial charge is 0.306 e. The Balaban J connectivity index is 2.74. The summed E-state index contributed by atoms with van der Waals surface area (Å²) in [5.74, 6) is 0.00127. The maximum Gasteiger partial charge on any atom is 0.306 e. The van der Waals surface area contributed by atoms with Crippen LogP contribution in [0.4, 0.5) is 0 Å². The van der Waals surface area contributed by atoms with Crippen molar-refractivity contribution in [3.05, 3.63) is 0 Å². The van der Waals surface area contributed by atoms with Gasteiger partial charge in [0.2, 0.25) is 0 Å². The Labute approximate surface area is 127 Å². The van der Waals surface area contributed by atoms with E-state index in [1.807, 2.05) is 6.92 Å². The molecule has 0 N–H and O–H groups in total. The van der Waals surface area contributed by atoms with Crippen LogP contribution in [0.5, 0.6) is 0 Å². The van der Waals surface area contributed by atoms with Crippen LogP contribution in [-0.2, 0) is 24.5 Å². The van der Waals surface area contributed by atoms with Crippen LogP contribution in [0.2, 0.25) is 0 Å². The number of nitrogens with zero attached hydrogens (tertiary/aromatic N) is 2. The van der Waals surface area contributed by atoms with Gasteiger partial charge in [0.25, 0.3) is 10.2 Å². The number of hydrogen-bond donors (Lipinski definition) is 0. The molecule has 1 rings (SSSR count). The molecule has 0 aliphatic heterocycles. The van der Waals surface area contributed by atoms with Crippen molar-refractivity contribution >= 4 is 16.2 Å². The quantitative estimate of drug-likeness (QED) is 0.547. The molecule has 1 saturated carbocycles. The number of hydrogen-bond acceptors (Lipinski definition) is 5. The van der Waals surface area contributed by atoms with Crippen molar-refractivity contribution in [3.63, 3.8) is 0 Å². The van der Waals surface area contributed by atoms with Crippen molar-refractivity contribution in [1.82, 2.24) is 8.61 Å². The summed E-state index contributed by atoms with van der Waals surface area (Å²) < 4.78 is 37.5. The van der Waals surface area contributed by atoms with Gasteiger partial charge >= 0.3 is 5.97 Å². The second-order valence-corrected chi connectivity index (χ2v) is 7.33. The first-order valence-corrected chi connectivity index (χ1v) is 8.53. The van der Waals surface area contributed by atoms with Gasteiger partial charge in [-0.2, -0.15) is 17.0 Å². The van der Waals surface area contributed by atoms with Gasteiger partial charge in [0.1, 0.15) is 0 Å². The molecule has 0 aromatic rings. The van der Waals surface area contributed by atoms with E-state index in [1.54, 1.807) is 7.11 Å². The third-order valence-electron chi connectivity index (χ3n) is 3.82. The lowest BCUT2D eigenvalue weighted by Crippen LogP contribution is -2.48. The Morgan fingerprint density at radius 1 is 1.29 bits per heavy atom. The lowest BCUT2D eigenvalue weighted by molar-refractivity contribution is -0.140. The van der Waals surface area contributed by atoms with E-state index in [9.17, 15) is 13.2 Å². The molecule has 7 nitrogen and oxygen atoms in total. The first kappa shape index (κ1) is 18.3. The highest BCUT2D eigenvalue weighted by Gasteiger charge is 2.39. The van der Waals surface area contributed by atoms with Crippen molar-refractivity contribution < 1.29 is 22.7 Å². The van der Waals surface area contributed by atoms with E-state index >= 15 is 0 Å². The van der Waals surface area contributed by atoms with Crippen molar-refractivity contribution in [1.29, 1.82) is 0 Å². The van der Waals surface area contributed by atoms with Gasteiger partial charge in [-0.3, -0.25) is 4.79 Å². The third-order valence-corrected chi connectivity index (χ3v) is 5.90. The summed E-state index contributed by atoms with van der Waals surface area (Å²) in [6, 6.07) is -0.0503. The van der Waals surface area contributed by atoms with Gasteiger partial charge in [0.05, 0.1) is 20.1 Å². The maximum absolute atomic E-state index is 12.7. The van der Waals surface area contributed by atoms with E-state index in [-0.39, 0.29) is 19.0 Å². The number of carbonyl (C=O) groups is 1. The van der Waals surface area contributed by atoms with E-state index in [0.29, 0.717) is 19.1 Å². The zero-order chi connectivity index (χ0) is 16.0. The summed E-state index contributed by atoms with van der Waals surface area (Å²) in [6.07, 6.45) is 2.17.